The van der Waals surface area contributed by atoms with Crippen molar-refractivity contribution in [1.82, 2.24) is 20.2 Å². The minimum atomic E-state index is 0. The van der Waals surface area contributed by atoms with Crippen LogP contribution in [0.2, 0.25) is 5.02 Å². The van der Waals surface area contributed by atoms with Crippen LogP contribution in [0.25, 0.3) is 5.69 Å². The first-order valence-corrected chi connectivity index (χ1v) is 8.97. The summed E-state index contributed by atoms with van der Waals surface area (Å²) in [4.78, 5) is 8.78. The summed E-state index contributed by atoms with van der Waals surface area (Å²) in [6.07, 6.45) is 5.52. The van der Waals surface area contributed by atoms with Crippen molar-refractivity contribution in [3.63, 3.8) is 0 Å². The van der Waals surface area contributed by atoms with E-state index in [4.69, 9.17) is 11.6 Å². The van der Waals surface area contributed by atoms with Crippen molar-refractivity contribution < 1.29 is 0 Å². The fraction of sp³-hybridized carbons (Fsp3) is 0.200. The minimum Gasteiger partial charge on any atom is -0.357 e. The molecule has 5 nitrogen and oxygen atoms in total. The number of hydrogen-bond acceptors (Lipinski definition) is 2. The average Bonchev–Trinajstić information content (AvgIpc) is 3.19. The normalized spacial score (nSPS) is 11.0. The Balaban J connectivity index is 0.00000261. The Morgan fingerprint density at radius 1 is 1.15 bits per heavy atom. The lowest BCUT2D eigenvalue weighted by Gasteiger charge is -2.14. The third kappa shape index (κ3) is 6.25. The lowest BCUT2D eigenvalue weighted by molar-refractivity contribution is 0.810. The number of nitrogens with zero attached hydrogens (tertiary/aromatic N) is 3. The van der Waals surface area contributed by atoms with Gasteiger partial charge in [0.05, 0.1) is 18.6 Å². The van der Waals surface area contributed by atoms with E-state index in [2.05, 4.69) is 39.7 Å². The van der Waals surface area contributed by atoms with Gasteiger partial charge in [-0.1, -0.05) is 41.9 Å². The second-order valence-corrected chi connectivity index (χ2v) is 6.21. The molecule has 0 atom stereocenters. The van der Waals surface area contributed by atoms with E-state index >= 15 is 0 Å². The largest absolute Gasteiger partial charge is 0.357 e. The minimum absolute atomic E-state index is 0. The molecule has 3 rings (SSSR count). The first-order chi connectivity index (χ1) is 12.8. The van der Waals surface area contributed by atoms with Crippen molar-refractivity contribution in [2.24, 2.45) is 4.99 Å². The van der Waals surface area contributed by atoms with E-state index in [0.717, 1.165) is 28.8 Å². The van der Waals surface area contributed by atoms with Gasteiger partial charge in [-0.2, -0.15) is 0 Å². The maximum Gasteiger partial charge on any atom is 0.191 e. The Kier molecular flexibility index (Phi) is 8.60. The van der Waals surface area contributed by atoms with Gasteiger partial charge in [-0.3, -0.25) is 0 Å². The SMILES string of the molecule is CCNC(=NCc1cccc(Cl)c1)NCc1ccccc1-n1ccnc1.I. The molecule has 0 saturated carbocycles. The number of aromatic nitrogens is 2. The second kappa shape index (κ2) is 10.9. The van der Waals surface area contributed by atoms with Crippen molar-refractivity contribution in [2.45, 2.75) is 20.0 Å². The molecular formula is C20H23ClIN5. The number of halogens is 2. The lowest BCUT2D eigenvalue weighted by atomic mass is 10.1. The predicted octanol–water partition coefficient (Wildman–Crippen LogP) is 4.40. The number of benzene rings is 2. The van der Waals surface area contributed by atoms with Gasteiger partial charge >= 0.3 is 0 Å². The Morgan fingerprint density at radius 3 is 2.74 bits per heavy atom. The number of guanidine groups is 1. The molecular weight excluding hydrogens is 473 g/mol. The number of nitrogens with one attached hydrogen (secondary N) is 2. The zero-order valence-corrected chi connectivity index (χ0v) is 18.2. The highest BCUT2D eigenvalue weighted by Gasteiger charge is 2.05. The quantitative estimate of drug-likeness (QED) is 0.303. The van der Waals surface area contributed by atoms with Crippen molar-refractivity contribution >= 4 is 41.5 Å². The number of rotatable bonds is 6. The summed E-state index contributed by atoms with van der Waals surface area (Å²) in [6, 6.07) is 16.0. The smallest absolute Gasteiger partial charge is 0.191 e. The summed E-state index contributed by atoms with van der Waals surface area (Å²) in [5, 5.41) is 7.40. The van der Waals surface area contributed by atoms with Gasteiger partial charge in [-0.05, 0) is 36.2 Å². The van der Waals surface area contributed by atoms with Crippen LogP contribution in [0.1, 0.15) is 18.1 Å². The molecule has 2 N–H and O–H groups in total. The lowest BCUT2D eigenvalue weighted by Crippen LogP contribution is -2.37. The predicted molar refractivity (Wildman–Crippen MR) is 122 cm³/mol. The molecule has 7 heteroatoms. The fourth-order valence-corrected chi connectivity index (χ4v) is 2.85. The topological polar surface area (TPSA) is 54.2 Å². The molecule has 0 aliphatic rings. The molecule has 2 aromatic carbocycles. The molecule has 0 fully saturated rings. The molecule has 0 saturated heterocycles. The highest BCUT2D eigenvalue weighted by Crippen LogP contribution is 2.14. The van der Waals surface area contributed by atoms with E-state index in [1.165, 1.54) is 5.56 Å². The van der Waals surface area contributed by atoms with Gasteiger partial charge in [0.2, 0.25) is 0 Å². The van der Waals surface area contributed by atoms with Crippen LogP contribution >= 0.6 is 35.6 Å². The van der Waals surface area contributed by atoms with E-state index in [9.17, 15) is 0 Å². The molecule has 0 amide bonds. The molecule has 3 aromatic rings. The van der Waals surface area contributed by atoms with E-state index in [1.807, 2.05) is 47.2 Å². The van der Waals surface area contributed by atoms with E-state index in [-0.39, 0.29) is 24.0 Å². The molecule has 27 heavy (non-hydrogen) atoms. The summed E-state index contributed by atoms with van der Waals surface area (Å²) in [5.74, 6) is 0.771. The maximum atomic E-state index is 6.04. The monoisotopic (exact) mass is 495 g/mol. The van der Waals surface area contributed by atoms with Crippen LogP contribution in [0, 0.1) is 0 Å². The van der Waals surface area contributed by atoms with Crippen LogP contribution in [0.4, 0.5) is 0 Å². The zero-order valence-electron chi connectivity index (χ0n) is 15.1. The molecule has 0 aliphatic heterocycles. The Hall–Kier alpha value is -2.06. The van der Waals surface area contributed by atoms with Crippen molar-refractivity contribution in [3.8, 4) is 5.69 Å². The van der Waals surface area contributed by atoms with E-state index < -0.39 is 0 Å². The number of para-hydroxylation sites is 1. The van der Waals surface area contributed by atoms with E-state index in [1.54, 1.807) is 12.5 Å². The van der Waals surface area contributed by atoms with Gasteiger partial charge in [0.15, 0.2) is 5.96 Å². The number of aliphatic imine (C=N–C) groups is 1. The van der Waals surface area contributed by atoms with Crippen LogP contribution in [0.5, 0.6) is 0 Å². The summed E-state index contributed by atoms with van der Waals surface area (Å²) in [7, 11) is 0. The summed E-state index contributed by atoms with van der Waals surface area (Å²) in [6.45, 7) is 4.08. The molecule has 142 valence electrons. The van der Waals surface area contributed by atoms with Gasteiger partial charge in [-0.15, -0.1) is 24.0 Å². The van der Waals surface area contributed by atoms with Crippen molar-refractivity contribution in [3.05, 3.63) is 83.4 Å². The van der Waals surface area contributed by atoms with E-state index in [0.29, 0.717) is 13.1 Å². The zero-order chi connectivity index (χ0) is 18.2. The van der Waals surface area contributed by atoms with Gasteiger partial charge < -0.3 is 15.2 Å². The second-order valence-electron chi connectivity index (χ2n) is 5.78. The van der Waals surface area contributed by atoms with Crippen LogP contribution in [0.15, 0.2) is 72.2 Å². The van der Waals surface area contributed by atoms with Crippen LogP contribution in [0.3, 0.4) is 0 Å². The molecule has 0 radical (unpaired) electrons. The highest BCUT2D eigenvalue weighted by molar-refractivity contribution is 14.0. The number of hydrogen-bond donors (Lipinski definition) is 2. The summed E-state index contributed by atoms with van der Waals surface area (Å²) >= 11 is 6.04. The van der Waals surface area contributed by atoms with Gasteiger partial charge in [0, 0.05) is 30.5 Å². The maximum absolute atomic E-state index is 6.04. The van der Waals surface area contributed by atoms with Crippen LogP contribution < -0.4 is 10.6 Å². The molecule has 0 unspecified atom stereocenters. The third-order valence-corrected chi connectivity index (χ3v) is 4.11. The summed E-state index contributed by atoms with van der Waals surface area (Å²) < 4.78 is 2.01. The first-order valence-electron chi connectivity index (χ1n) is 8.59. The Morgan fingerprint density at radius 2 is 2.00 bits per heavy atom. The van der Waals surface area contributed by atoms with Crippen molar-refractivity contribution in [1.29, 1.82) is 0 Å². The standard InChI is InChI=1S/C20H22ClN5.HI/c1-2-23-20(24-13-16-6-5-8-18(21)12-16)25-14-17-7-3-4-9-19(17)26-11-10-22-15-26;/h3-12,15H,2,13-14H2,1H3,(H2,23,24,25);1H. The molecule has 0 spiro atoms. The van der Waals surface area contributed by atoms with Gasteiger partial charge in [-0.25, -0.2) is 9.98 Å². The molecule has 1 heterocycles. The van der Waals surface area contributed by atoms with Crippen LogP contribution in [-0.4, -0.2) is 22.1 Å². The fourth-order valence-electron chi connectivity index (χ4n) is 2.64. The Bertz CT molecular complexity index is 864. The van der Waals surface area contributed by atoms with Gasteiger partial charge in [0.25, 0.3) is 0 Å². The van der Waals surface area contributed by atoms with Crippen LogP contribution in [-0.2, 0) is 13.1 Å². The Labute approximate surface area is 181 Å². The van der Waals surface area contributed by atoms with Gasteiger partial charge in [0.1, 0.15) is 0 Å². The first kappa shape index (κ1) is 21.2. The number of imidazole rings is 1. The molecule has 0 aliphatic carbocycles. The van der Waals surface area contributed by atoms with Crippen molar-refractivity contribution in [2.75, 3.05) is 6.54 Å². The highest BCUT2D eigenvalue weighted by atomic mass is 127. The average molecular weight is 496 g/mol. The molecule has 0 bridgehead atoms. The molecule has 1 aromatic heterocycles. The third-order valence-electron chi connectivity index (χ3n) is 3.87. The summed E-state index contributed by atoms with van der Waals surface area (Å²) in [5.41, 5.74) is 3.34.